The predicted octanol–water partition coefficient (Wildman–Crippen LogP) is 3.14. The van der Waals surface area contributed by atoms with Gasteiger partial charge in [0.05, 0.1) is 16.4 Å². The van der Waals surface area contributed by atoms with Gasteiger partial charge in [0.1, 0.15) is 5.67 Å². The lowest BCUT2D eigenvalue weighted by atomic mass is 9.82. The average molecular weight is 288 g/mol. The van der Waals surface area contributed by atoms with Gasteiger partial charge in [-0.1, -0.05) is 11.6 Å². The molecule has 1 aliphatic heterocycles. The van der Waals surface area contributed by atoms with E-state index in [0.717, 1.165) is 43.9 Å². The Bertz CT molecular complexity index is 436. The lowest BCUT2D eigenvalue weighted by Gasteiger charge is -2.34. The molecule has 108 valence electrons. The van der Waals surface area contributed by atoms with Crippen LogP contribution in [0.4, 0.5) is 4.39 Å². The van der Waals surface area contributed by atoms with Crippen LogP contribution in [0.2, 0.25) is 5.02 Å². The average Bonchev–Trinajstić information content (AvgIpc) is 2.67. The first kappa shape index (κ1) is 14.8. The van der Waals surface area contributed by atoms with Crippen molar-refractivity contribution in [3.63, 3.8) is 0 Å². The molecule has 2 unspecified atom stereocenters. The van der Waals surface area contributed by atoms with Crippen LogP contribution in [-0.2, 0) is 13.0 Å². The highest BCUT2D eigenvalue weighted by Gasteiger charge is 2.37. The number of aryl methyl sites for hydroxylation is 2. The molecule has 0 radical (unpaired) electrons. The fraction of sp³-hybridized carbons (Fsp3) is 0.786. The Morgan fingerprint density at radius 1 is 1.58 bits per heavy atom. The first-order valence-electron chi connectivity index (χ1n) is 7.07. The van der Waals surface area contributed by atoms with Crippen LogP contribution >= 0.6 is 11.6 Å². The van der Waals surface area contributed by atoms with E-state index in [4.69, 9.17) is 11.6 Å². The summed E-state index contributed by atoms with van der Waals surface area (Å²) < 4.78 is 16.9. The van der Waals surface area contributed by atoms with Gasteiger partial charge in [0, 0.05) is 25.4 Å². The van der Waals surface area contributed by atoms with Gasteiger partial charge in [0.15, 0.2) is 0 Å². The standard InChI is InChI=1S/C14H23ClFN3/c1-4-19-12(13(15)10(2)18-19)8-14(3,16)11-6-5-7-17-9-11/h11,17H,4-9H2,1-3H3. The summed E-state index contributed by atoms with van der Waals surface area (Å²) in [4.78, 5) is 0. The topological polar surface area (TPSA) is 29.9 Å². The van der Waals surface area contributed by atoms with Gasteiger partial charge in [0.25, 0.3) is 0 Å². The molecule has 0 aromatic carbocycles. The van der Waals surface area contributed by atoms with E-state index in [0.29, 0.717) is 11.4 Å². The molecule has 2 atom stereocenters. The molecule has 1 aliphatic rings. The Hall–Kier alpha value is -0.610. The smallest absolute Gasteiger partial charge is 0.117 e. The van der Waals surface area contributed by atoms with E-state index in [9.17, 15) is 0 Å². The number of halogens is 2. The molecular formula is C14H23ClFN3. The number of rotatable bonds is 4. The summed E-state index contributed by atoms with van der Waals surface area (Å²) >= 11 is 6.27. The monoisotopic (exact) mass is 287 g/mol. The molecule has 19 heavy (non-hydrogen) atoms. The van der Waals surface area contributed by atoms with Gasteiger partial charge < -0.3 is 5.32 Å². The minimum atomic E-state index is -1.24. The van der Waals surface area contributed by atoms with Crippen molar-refractivity contribution in [2.24, 2.45) is 5.92 Å². The number of hydrogen-bond acceptors (Lipinski definition) is 2. The van der Waals surface area contributed by atoms with E-state index >= 15 is 4.39 Å². The molecule has 5 heteroatoms. The van der Waals surface area contributed by atoms with E-state index in [1.54, 1.807) is 6.92 Å². The third-order valence-electron chi connectivity index (χ3n) is 4.11. The van der Waals surface area contributed by atoms with Crippen molar-refractivity contribution in [3.8, 4) is 0 Å². The van der Waals surface area contributed by atoms with Crippen molar-refractivity contribution in [1.82, 2.24) is 15.1 Å². The zero-order valence-electron chi connectivity index (χ0n) is 12.0. The molecule has 1 aromatic rings. The van der Waals surface area contributed by atoms with Crippen LogP contribution in [-0.4, -0.2) is 28.5 Å². The summed E-state index contributed by atoms with van der Waals surface area (Å²) in [6, 6.07) is 0. The molecule has 0 spiro atoms. The van der Waals surface area contributed by atoms with Gasteiger partial charge in [-0.3, -0.25) is 4.68 Å². The highest BCUT2D eigenvalue weighted by Crippen LogP contribution is 2.34. The summed E-state index contributed by atoms with van der Waals surface area (Å²) in [5, 5.41) is 8.26. The Labute approximate surface area is 119 Å². The van der Waals surface area contributed by atoms with Crippen molar-refractivity contribution in [3.05, 3.63) is 16.4 Å². The lowest BCUT2D eigenvalue weighted by Crippen LogP contribution is -2.43. The number of alkyl halides is 1. The first-order valence-corrected chi connectivity index (χ1v) is 7.45. The molecular weight excluding hydrogens is 265 g/mol. The van der Waals surface area contributed by atoms with E-state index in [-0.39, 0.29) is 5.92 Å². The highest BCUT2D eigenvalue weighted by molar-refractivity contribution is 6.31. The molecule has 1 fully saturated rings. The maximum atomic E-state index is 15.0. The second kappa shape index (κ2) is 5.80. The Morgan fingerprint density at radius 3 is 2.89 bits per heavy atom. The second-order valence-corrected chi connectivity index (χ2v) is 6.04. The molecule has 2 heterocycles. The number of hydrogen-bond donors (Lipinski definition) is 1. The summed E-state index contributed by atoms with van der Waals surface area (Å²) in [6.45, 7) is 8.05. The van der Waals surface area contributed by atoms with E-state index < -0.39 is 5.67 Å². The molecule has 2 rings (SSSR count). The fourth-order valence-electron chi connectivity index (χ4n) is 2.88. The Balaban J connectivity index is 2.19. The second-order valence-electron chi connectivity index (χ2n) is 5.66. The normalized spacial score (nSPS) is 23.3. The lowest BCUT2D eigenvalue weighted by molar-refractivity contribution is 0.0811. The molecule has 1 saturated heterocycles. The van der Waals surface area contributed by atoms with Gasteiger partial charge in [0.2, 0.25) is 0 Å². The SMILES string of the molecule is CCn1nc(C)c(Cl)c1CC(C)(F)C1CCCNC1. The largest absolute Gasteiger partial charge is 0.316 e. The van der Waals surface area contributed by atoms with Crippen LogP contribution in [0.15, 0.2) is 0 Å². The predicted molar refractivity (Wildman–Crippen MR) is 76.5 cm³/mol. The summed E-state index contributed by atoms with van der Waals surface area (Å²) in [6.07, 6.45) is 2.33. The number of nitrogens with zero attached hydrogens (tertiary/aromatic N) is 2. The highest BCUT2D eigenvalue weighted by atomic mass is 35.5. The van der Waals surface area contributed by atoms with Crippen LogP contribution in [0.1, 0.15) is 38.1 Å². The van der Waals surface area contributed by atoms with Gasteiger partial charge in [-0.2, -0.15) is 5.10 Å². The number of nitrogens with one attached hydrogen (secondary N) is 1. The van der Waals surface area contributed by atoms with Crippen molar-refractivity contribution < 1.29 is 4.39 Å². The quantitative estimate of drug-likeness (QED) is 0.922. The minimum Gasteiger partial charge on any atom is -0.316 e. The maximum absolute atomic E-state index is 15.0. The minimum absolute atomic E-state index is 0.0535. The first-order chi connectivity index (χ1) is 8.95. The summed E-state index contributed by atoms with van der Waals surface area (Å²) in [5.41, 5.74) is 0.379. The van der Waals surface area contributed by atoms with Gasteiger partial charge in [-0.25, -0.2) is 4.39 Å². The summed E-state index contributed by atoms with van der Waals surface area (Å²) in [5.74, 6) is 0.0535. The molecule has 0 bridgehead atoms. The van der Waals surface area contributed by atoms with E-state index in [2.05, 4.69) is 10.4 Å². The third-order valence-corrected chi connectivity index (χ3v) is 4.61. The van der Waals surface area contributed by atoms with Crippen LogP contribution in [0.25, 0.3) is 0 Å². The molecule has 0 aliphatic carbocycles. The molecule has 0 amide bonds. The zero-order valence-corrected chi connectivity index (χ0v) is 12.7. The molecule has 0 saturated carbocycles. The van der Waals surface area contributed by atoms with Gasteiger partial charge >= 0.3 is 0 Å². The molecule has 1 aromatic heterocycles. The van der Waals surface area contributed by atoms with E-state index in [1.807, 2.05) is 18.5 Å². The Morgan fingerprint density at radius 2 is 2.32 bits per heavy atom. The number of aromatic nitrogens is 2. The fourth-order valence-corrected chi connectivity index (χ4v) is 3.08. The summed E-state index contributed by atoms with van der Waals surface area (Å²) in [7, 11) is 0. The molecule has 3 nitrogen and oxygen atoms in total. The zero-order chi connectivity index (χ0) is 14.0. The van der Waals surface area contributed by atoms with Gasteiger partial charge in [-0.15, -0.1) is 0 Å². The van der Waals surface area contributed by atoms with Crippen LogP contribution in [0.5, 0.6) is 0 Å². The van der Waals surface area contributed by atoms with Crippen molar-refractivity contribution in [2.75, 3.05) is 13.1 Å². The van der Waals surface area contributed by atoms with Crippen LogP contribution in [0, 0.1) is 12.8 Å². The van der Waals surface area contributed by atoms with Gasteiger partial charge in [-0.05, 0) is 40.2 Å². The molecule has 1 N–H and O–H groups in total. The van der Waals surface area contributed by atoms with Crippen molar-refractivity contribution in [1.29, 1.82) is 0 Å². The van der Waals surface area contributed by atoms with Crippen molar-refractivity contribution >= 4 is 11.6 Å². The van der Waals surface area contributed by atoms with Crippen molar-refractivity contribution in [2.45, 2.75) is 52.2 Å². The number of piperidine rings is 1. The van der Waals surface area contributed by atoms with E-state index in [1.165, 1.54) is 0 Å². The third kappa shape index (κ3) is 3.11. The maximum Gasteiger partial charge on any atom is 0.117 e. The van der Waals surface area contributed by atoms with Crippen LogP contribution in [0.3, 0.4) is 0 Å². The Kier molecular flexibility index (Phi) is 4.51. The van der Waals surface area contributed by atoms with Crippen LogP contribution < -0.4 is 5.32 Å².